The zero-order valence-electron chi connectivity index (χ0n) is 14.0. The van der Waals surface area contributed by atoms with E-state index in [1.54, 1.807) is 7.11 Å². The van der Waals surface area contributed by atoms with Crippen LogP contribution in [-0.4, -0.2) is 49.9 Å². The number of hydrogen-bond donors (Lipinski definition) is 1. The Labute approximate surface area is 132 Å². The number of rotatable bonds is 6. The van der Waals surface area contributed by atoms with Gasteiger partial charge in [-0.1, -0.05) is 12.1 Å². The number of hydrogen-bond acceptors (Lipinski definition) is 5. The molecule has 0 radical (unpaired) electrons. The largest absolute Gasteiger partial charge is 0.494 e. The molecule has 2 rings (SSSR count). The van der Waals surface area contributed by atoms with Crippen LogP contribution in [0.3, 0.4) is 0 Å². The van der Waals surface area contributed by atoms with Crippen molar-refractivity contribution in [2.24, 2.45) is 0 Å². The number of ether oxygens (including phenoxy) is 2. The summed E-state index contributed by atoms with van der Waals surface area (Å²) in [5, 5.41) is 9.56. The van der Waals surface area contributed by atoms with Crippen LogP contribution in [0.25, 0.3) is 0 Å². The molecule has 1 aliphatic rings. The van der Waals surface area contributed by atoms with Gasteiger partial charge in [0.1, 0.15) is 18.5 Å². The average Bonchev–Trinajstić information content (AvgIpc) is 2.66. The molecule has 6 heteroatoms. The van der Waals surface area contributed by atoms with E-state index in [0.29, 0.717) is 5.75 Å². The Kier molecular flexibility index (Phi) is 5.17. The Morgan fingerprint density at radius 1 is 1.05 bits per heavy atom. The summed E-state index contributed by atoms with van der Waals surface area (Å²) in [6.07, 6.45) is -0.632. The summed E-state index contributed by atoms with van der Waals surface area (Å²) in [4.78, 5) is 0. The van der Waals surface area contributed by atoms with E-state index in [0.717, 1.165) is 5.46 Å². The lowest BCUT2D eigenvalue weighted by atomic mass is 9.79. The Balaban J connectivity index is 1.95. The lowest BCUT2D eigenvalue weighted by Crippen LogP contribution is -2.41. The van der Waals surface area contributed by atoms with Crippen LogP contribution in [0.2, 0.25) is 0 Å². The van der Waals surface area contributed by atoms with Gasteiger partial charge in [-0.2, -0.15) is 0 Å². The fraction of sp³-hybridized carbons (Fsp3) is 0.625. The predicted octanol–water partition coefficient (Wildman–Crippen LogP) is 1.37. The van der Waals surface area contributed by atoms with Crippen LogP contribution >= 0.6 is 0 Å². The Hall–Kier alpha value is -1.08. The second-order valence-corrected chi connectivity index (χ2v) is 6.58. The van der Waals surface area contributed by atoms with Gasteiger partial charge >= 0.3 is 7.12 Å². The summed E-state index contributed by atoms with van der Waals surface area (Å²) in [6, 6.07) is 7.53. The molecular weight excluding hydrogens is 283 g/mol. The molecule has 1 aliphatic heterocycles. The van der Waals surface area contributed by atoms with E-state index in [2.05, 4.69) is 0 Å². The highest BCUT2D eigenvalue weighted by atomic mass is 16.7. The summed E-state index contributed by atoms with van der Waals surface area (Å²) in [5.41, 5.74) is 0.247. The summed E-state index contributed by atoms with van der Waals surface area (Å²) < 4.78 is 22.4. The molecule has 0 bridgehead atoms. The van der Waals surface area contributed by atoms with E-state index in [9.17, 15) is 5.11 Å². The summed E-state index contributed by atoms with van der Waals surface area (Å²) >= 11 is 0. The number of aliphatic hydroxyl groups excluding tert-OH is 1. The fourth-order valence-electron chi connectivity index (χ4n) is 2.13. The van der Waals surface area contributed by atoms with Crippen molar-refractivity contribution in [2.75, 3.05) is 20.3 Å². The van der Waals surface area contributed by atoms with Crippen LogP contribution in [0.1, 0.15) is 27.7 Å². The highest BCUT2D eigenvalue weighted by Crippen LogP contribution is 2.36. The second-order valence-electron chi connectivity index (χ2n) is 6.58. The standard InChI is InChI=1S/C16H25BO5/c1-15(2)16(3,4)22-17(21-15)12-6-8-14(9-7-12)20-11-13(18)10-19-5/h6-9,13,18H,10-11H2,1-5H3. The van der Waals surface area contributed by atoms with Crippen molar-refractivity contribution in [3.05, 3.63) is 24.3 Å². The summed E-state index contributed by atoms with van der Waals surface area (Å²) in [5.74, 6) is 0.690. The van der Waals surface area contributed by atoms with Crippen LogP contribution in [-0.2, 0) is 14.0 Å². The van der Waals surface area contributed by atoms with Gasteiger partial charge in [0.25, 0.3) is 0 Å². The SMILES string of the molecule is COCC(O)COc1ccc(B2OC(C)(C)C(C)(C)O2)cc1. The Morgan fingerprint density at radius 3 is 2.09 bits per heavy atom. The molecule has 0 saturated carbocycles. The Bertz CT molecular complexity index is 470. The Morgan fingerprint density at radius 2 is 1.59 bits per heavy atom. The van der Waals surface area contributed by atoms with Gasteiger partial charge in [-0.3, -0.25) is 0 Å². The molecule has 1 atom stereocenters. The third-order valence-electron chi connectivity index (χ3n) is 4.21. The normalized spacial score (nSPS) is 20.9. The van der Waals surface area contributed by atoms with Crippen molar-refractivity contribution < 1.29 is 23.9 Å². The molecule has 1 heterocycles. The molecule has 1 N–H and O–H groups in total. The maximum absolute atomic E-state index is 9.56. The van der Waals surface area contributed by atoms with Crippen molar-refractivity contribution >= 4 is 12.6 Å². The highest BCUT2D eigenvalue weighted by Gasteiger charge is 2.51. The number of benzene rings is 1. The molecule has 5 nitrogen and oxygen atoms in total. The van der Waals surface area contributed by atoms with Gasteiger partial charge in [0.15, 0.2) is 0 Å². The van der Waals surface area contributed by atoms with Crippen LogP contribution in [0.5, 0.6) is 5.75 Å². The molecule has 1 aromatic rings. The van der Waals surface area contributed by atoms with E-state index in [-0.39, 0.29) is 31.5 Å². The zero-order valence-corrected chi connectivity index (χ0v) is 14.0. The maximum Gasteiger partial charge on any atom is 0.494 e. The van der Waals surface area contributed by atoms with Crippen LogP contribution in [0, 0.1) is 0 Å². The molecule has 0 aliphatic carbocycles. The predicted molar refractivity (Wildman–Crippen MR) is 85.5 cm³/mol. The molecule has 22 heavy (non-hydrogen) atoms. The molecule has 1 aromatic carbocycles. The van der Waals surface area contributed by atoms with E-state index < -0.39 is 6.10 Å². The molecule has 0 aromatic heterocycles. The molecule has 122 valence electrons. The minimum Gasteiger partial charge on any atom is -0.491 e. The molecule has 1 fully saturated rings. The quantitative estimate of drug-likeness (QED) is 0.805. The van der Waals surface area contributed by atoms with E-state index in [1.807, 2.05) is 52.0 Å². The van der Waals surface area contributed by atoms with Crippen LogP contribution in [0.4, 0.5) is 0 Å². The second kappa shape index (κ2) is 6.58. The van der Waals surface area contributed by atoms with Gasteiger partial charge in [-0.05, 0) is 45.3 Å². The van der Waals surface area contributed by atoms with Crippen molar-refractivity contribution in [3.63, 3.8) is 0 Å². The molecule has 1 saturated heterocycles. The number of methoxy groups -OCH3 is 1. The van der Waals surface area contributed by atoms with Gasteiger partial charge < -0.3 is 23.9 Å². The number of aliphatic hydroxyl groups is 1. The van der Waals surface area contributed by atoms with Crippen LogP contribution < -0.4 is 10.2 Å². The first kappa shape index (κ1) is 17.3. The topological polar surface area (TPSA) is 57.2 Å². The van der Waals surface area contributed by atoms with E-state index in [1.165, 1.54) is 0 Å². The lowest BCUT2D eigenvalue weighted by molar-refractivity contribution is 0.00578. The van der Waals surface area contributed by atoms with Crippen molar-refractivity contribution in [1.29, 1.82) is 0 Å². The third-order valence-corrected chi connectivity index (χ3v) is 4.21. The maximum atomic E-state index is 9.56. The van der Waals surface area contributed by atoms with Crippen molar-refractivity contribution in [2.45, 2.75) is 45.0 Å². The van der Waals surface area contributed by atoms with E-state index in [4.69, 9.17) is 18.8 Å². The summed E-state index contributed by atoms with van der Waals surface area (Å²) in [6.45, 7) is 8.57. The smallest absolute Gasteiger partial charge is 0.491 e. The van der Waals surface area contributed by atoms with Gasteiger partial charge in [0, 0.05) is 7.11 Å². The van der Waals surface area contributed by atoms with Crippen molar-refractivity contribution in [1.82, 2.24) is 0 Å². The van der Waals surface area contributed by atoms with Gasteiger partial charge in [-0.25, -0.2) is 0 Å². The minimum atomic E-state index is -0.632. The highest BCUT2D eigenvalue weighted by molar-refractivity contribution is 6.62. The van der Waals surface area contributed by atoms with Gasteiger partial charge in [0.2, 0.25) is 0 Å². The van der Waals surface area contributed by atoms with Crippen LogP contribution in [0.15, 0.2) is 24.3 Å². The minimum absolute atomic E-state index is 0.198. The average molecular weight is 308 g/mol. The first-order chi connectivity index (χ1) is 10.2. The molecular formula is C16H25BO5. The third kappa shape index (κ3) is 3.81. The van der Waals surface area contributed by atoms with Crippen molar-refractivity contribution in [3.8, 4) is 5.75 Å². The molecule has 0 spiro atoms. The lowest BCUT2D eigenvalue weighted by Gasteiger charge is -2.32. The molecule has 0 amide bonds. The molecule has 1 unspecified atom stereocenters. The van der Waals surface area contributed by atoms with E-state index >= 15 is 0 Å². The van der Waals surface area contributed by atoms with Gasteiger partial charge in [-0.15, -0.1) is 0 Å². The monoisotopic (exact) mass is 308 g/mol. The van der Waals surface area contributed by atoms with Gasteiger partial charge in [0.05, 0.1) is 17.8 Å². The zero-order chi connectivity index (χ0) is 16.4. The summed E-state index contributed by atoms with van der Waals surface area (Å²) in [7, 11) is 1.17. The first-order valence-corrected chi connectivity index (χ1v) is 7.50. The fourth-order valence-corrected chi connectivity index (χ4v) is 2.13. The first-order valence-electron chi connectivity index (χ1n) is 7.50.